The highest BCUT2D eigenvalue weighted by molar-refractivity contribution is 6.38. The summed E-state index contributed by atoms with van der Waals surface area (Å²) in [5.41, 5.74) is 3.07. The standard InChI is InChI=1S/C16H13ClN2O3/c1-8(2)14(20)18-19-15(21)10-5-3-4-9-12(17)7-6-11(13(9)10)16(19)22/h3-8H,1-2H3,(H,18,20). The summed E-state index contributed by atoms with van der Waals surface area (Å²) in [5.74, 6) is -1.85. The zero-order chi connectivity index (χ0) is 16.0. The van der Waals surface area contributed by atoms with Crippen LogP contribution in [0.3, 0.4) is 0 Å². The number of nitrogens with zero attached hydrogens (tertiary/aromatic N) is 1. The molecule has 0 spiro atoms. The number of rotatable bonds is 2. The number of carbonyl (C=O) groups excluding carboxylic acids is 3. The van der Waals surface area contributed by atoms with Crippen molar-refractivity contribution in [1.82, 2.24) is 10.4 Å². The topological polar surface area (TPSA) is 66.5 Å². The van der Waals surface area contributed by atoms with Crippen molar-refractivity contribution < 1.29 is 14.4 Å². The monoisotopic (exact) mass is 316 g/mol. The summed E-state index contributed by atoms with van der Waals surface area (Å²) in [7, 11) is 0. The number of nitrogens with one attached hydrogen (secondary N) is 1. The molecular weight excluding hydrogens is 304 g/mol. The predicted octanol–water partition coefficient (Wildman–Crippen LogP) is 2.78. The van der Waals surface area contributed by atoms with Crippen molar-refractivity contribution in [3.63, 3.8) is 0 Å². The third kappa shape index (κ3) is 2.05. The van der Waals surface area contributed by atoms with Gasteiger partial charge >= 0.3 is 0 Å². The number of halogens is 1. The molecule has 0 saturated carbocycles. The Balaban J connectivity index is 2.17. The van der Waals surface area contributed by atoms with E-state index in [9.17, 15) is 14.4 Å². The highest BCUT2D eigenvalue weighted by Crippen LogP contribution is 2.33. The van der Waals surface area contributed by atoms with Gasteiger partial charge in [-0.05, 0) is 18.2 Å². The molecule has 1 aliphatic heterocycles. The summed E-state index contributed by atoms with van der Waals surface area (Å²) in [5, 5.41) is 2.42. The van der Waals surface area contributed by atoms with Crippen molar-refractivity contribution in [3.8, 4) is 0 Å². The average molecular weight is 317 g/mol. The molecule has 0 atom stereocenters. The van der Waals surface area contributed by atoms with Gasteiger partial charge in [0.2, 0.25) is 5.91 Å². The molecule has 0 radical (unpaired) electrons. The fraction of sp³-hybridized carbons (Fsp3) is 0.188. The molecule has 1 aliphatic rings. The van der Waals surface area contributed by atoms with Crippen LogP contribution in [0, 0.1) is 5.92 Å². The quantitative estimate of drug-likeness (QED) is 0.866. The molecule has 3 rings (SSSR count). The molecule has 112 valence electrons. The highest BCUT2D eigenvalue weighted by Gasteiger charge is 2.34. The molecule has 0 saturated heterocycles. The second kappa shape index (κ2) is 5.10. The van der Waals surface area contributed by atoms with Gasteiger partial charge in [-0.15, -0.1) is 0 Å². The van der Waals surface area contributed by atoms with E-state index in [-0.39, 0.29) is 5.92 Å². The number of benzene rings is 2. The van der Waals surface area contributed by atoms with Crippen LogP contribution in [0.2, 0.25) is 5.02 Å². The van der Waals surface area contributed by atoms with E-state index >= 15 is 0 Å². The lowest BCUT2D eigenvalue weighted by atomic mass is 9.95. The fourth-order valence-corrected chi connectivity index (χ4v) is 2.62. The largest absolute Gasteiger partial charge is 0.280 e. The van der Waals surface area contributed by atoms with Crippen LogP contribution in [0.5, 0.6) is 0 Å². The summed E-state index contributed by atoms with van der Waals surface area (Å²) in [6.07, 6.45) is 0. The van der Waals surface area contributed by atoms with Gasteiger partial charge in [0.15, 0.2) is 0 Å². The van der Waals surface area contributed by atoms with Gasteiger partial charge in [-0.2, -0.15) is 5.01 Å². The number of hydrogen-bond acceptors (Lipinski definition) is 3. The molecule has 22 heavy (non-hydrogen) atoms. The van der Waals surface area contributed by atoms with E-state index in [4.69, 9.17) is 11.6 Å². The maximum Gasteiger partial charge on any atom is 0.280 e. The number of imide groups is 1. The van der Waals surface area contributed by atoms with E-state index in [0.717, 1.165) is 5.01 Å². The zero-order valence-electron chi connectivity index (χ0n) is 12.0. The van der Waals surface area contributed by atoms with Crippen molar-refractivity contribution in [3.05, 3.63) is 46.5 Å². The normalized spacial score (nSPS) is 13.9. The molecule has 1 heterocycles. The molecule has 0 bridgehead atoms. The van der Waals surface area contributed by atoms with Crippen LogP contribution in [0.4, 0.5) is 0 Å². The summed E-state index contributed by atoms with van der Waals surface area (Å²) < 4.78 is 0. The SMILES string of the molecule is CC(C)C(=O)NN1C(=O)c2cccc3c(Cl)ccc(c23)C1=O. The summed E-state index contributed by atoms with van der Waals surface area (Å²) in [4.78, 5) is 36.9. The van der Waals surface area contributed by atoms with Crippen LogP contribution in [-0.4, -0.2) is 22.7 Å². The van der Waals surface area contributed by atoms with Crippen LogP contribution < -0.4 is 5.43 Å². The van der Waals surface area contributed by atoms with E-state index < -0.39 is 17.7 Å². The third-order valence-corrected chi connectivity index (χ3v) is 3.93. The lowest BCUT2D eigenvalue weighted by molar-refractivity contribution is -0.127. The van der Waals surface area contributed by atoms with Gasteiger partial charge in [-0.3, -0.25) is 19.8 Å². The first-order chi connectivity index (χ1) is 10.4. The van der Waals surface area contributed by atoms with Crippen LogP contribution in [0.25, 0.3) is 10.8 Å². The molecule has 0 aromatic heterocycles. The Morgan fingerprint density at radius 2 is 1.73 bits per heavy atom. The van der Waals surface area contributed by atoms with Crippen molar-refractivity contribution >= 4 is 40.1 Å². The van der Waals surface area contributed by atoms with Crippen LogP contribution in [-0.2, 0) is 4.79 Å². The maximum atomic E-state index is 12.5. The molecule has 0 fully saturated rings. The molecular formula is C16H13ClN2O3. The van der Waals surface area contributed by atoms with Gasteiger partial charge in [-0.25, -0.2) is 0 Å². The van der Waals surface area contributed by atoms with Crippen molar-refractivity contribution in [2.24, 2.45) is 5.92 Å². The first-order valence-electron chi connectivity index (χ1n) is 6.82. The fourth-order valence-electron chi connectivity index (χ4n) is 2.40. The van der Waals surface area contributed by atoms with E-state index in [0.29, 0.717) is 26.9 Å². The summed E-state index contributed by atoms with van der Waals surface area (Å²) in [6, 6.07) is 8.25. The van der Waals surface area contributed by atoms with Crippen molar-refractivity contribution in [2.75, 3.05) is 0 Å². The predicted molar refractivity (Wildman–Crippen MR) is 82.4 cm³/mol. The lowest BCUT2D eigenvalue weighted by Crippen LogP contribution is -2.52. The Bertz CT molecular complexity index is 807. The molecule has 5 nitrogen and oxygen atoms in total. The summed E-state index contributed by atoms with van der Waals surface area (Å²) in [6.45, 7) is 3.37. The smallest absolute Gasteiger partial charge is 0.273 e. The molecule has 2 aromatic carbocycles. The molecule has 6 heteroatoms. The Labute approximate surface area is 131 Å². The van der Waals surface area contributed by atoms with E-state index in [1.165, 1.54) is 0 Å². The second-order valence-corrected chi connectivity index (χ2v) is 5.81. The van der Waals surface area contributed by atoms with E-state index in [1.807, 2.05) is 0 Å². The highest BCUT2D eigenvalue weighted by atomic mass is 35.5. The first kappa shape index (κ1) is 14.5. The third-order valence-electron chi connectivity index (χ3n) is 3.60. The minimum atomic E-state index is -0.556. The van der Waals surface area contributed by atoms with E-state index in [1.54, 1.807) is 44.2 Å². The Kier molecular flexibility index (Phi) is 3.37. The number of carbonyl (C=O) groups is 3. The lowest BCUT2D eigenvalue weighted by Gasteiger charge is -2.27. The minimum Gasteiger partial charge on any atom is -0.273 e. The van der Waals surface area contributed by atoms with Gasteiger partial charge < -0.3 is 0 Å². The summed E-state index contributed by atoms with van der Waals surface area (Å²) >= 11 is 6.13. The zero-order valence-corrected chi connectivity index (χ0v) is 12.8. The minimum absolute atomic E-state index is 0.344. The first-order valence-corrected chi connectivity index (χ1v) is 7.20. The second-order valence-electron chi connectivity index (χ2n) is 5.40. The van der Waals surface area contributed by atoms with Gasteiger partial charge in [-0.1, -0.05) is 37.6 Å². The van der Waals surface area contributed by atoms with Gasteiger partial charge in [0.25, 0.3) is 11.8 Å². The van der Waals surface area contributed by atoms with Crippen molar-refractivity contribution in [2.45, 2.75) is 13.8 Å². The van der Waals surface area contributed by atoms with E-state index in [2.05, 4.69) is 5.43 Å². The molecule has 2 aromatic rings. The van der Waals surface area contributed by atoms with Crippen LogP contribution in [0.15, 0.2) is 30.3 Å². The van der Waals surface area contributed by atoms with Crippen LogP contribution >= 0.6 is 11.6 Å². The number of hydrogen-bond donors (Lipinski definition) is 1. The van der Waals surface area contributed by atoms with Crippen molar-refractivity contribution in [1.29, 1.82) is 0 Å². The Hall–Kier alpha value is -2.40. The van der Waals surface area contributed by atoms with Gasteiger partial charge in [0, 0.05) is 21.7 Å². The van der Waals surface area contributed by atoms with Crippen LogP contribution in [0.1, 0.15) is 34.6 Å². The number of amides is 3. The molecule has 1 N–H and O–H groups in total. The molecule has 0 aliphatic carbocycles. The Morgan fingerprint density at radius 3 is 2.36 bits per heavy atom. The van der Waals surface area contributed by atoms with Gasteiger partial charge in [0.1, 0.15) is 0 Å². The average Bonchev–Trinajstić information content (AvgIpc) is 2.50. The molecule has 3 amide bonds. The Morgan fingerprint density at radius 1 is 1.09 bits per heavy atom. The molecule has 0 unspecified atom stereocenters. The van der Waals surface area contributed by atoms with Gasteiger partial charge in [0.05, 0.1) is 11.1 Å². The number of hydrazine groups is 1. The maximum absolute atomic E-state index is 12.5.